The second-order valence-corrected chi connectivity index (χ2v) is 6.60. The van der Waals surface area contributed by atoms with Crippen LogP contribution in [0.1, 0.15) is 19.8 Å². The lowest BCUT2D eigenvalue weighted by Gasteiger charge is -2.40. The fourth-order valence-electron chi connectivity index (χ4n) is 1.95. The van der Waals surface area contributed by atoms with Gasteiger partial charge in [0.25, 0.3) is 0 Å². The van der Waals surface area contributed by atoms with Crippen LogP contribution in [-0.2, 0) is 10.0 Å². The minimum atomic E-state index is -3.29. The van der Waals surface area contributed by atoms with E-state index in [2.05, 4.69) is 11.0 Å². The first-order valence-electron chi connectivity index (χ1n) is 5.44. The van der Waals surface area contributed by atoms with E-state index in [-0.39, 0.29) is 5.75 Å². The summed E-state index contributed by atoms with van der Waals surface area (Å²) >= 11 is 0. The minimum absolute atomic E-state index is 0.0444. The van der Waals surface area contributed by atoms with E-state index in [1.165, 1.54) is 11.4 Å². The summed E-state index contributed by atoms with van der Waals surface area (Å²) in [5, 5.41) is 9.28. The number of likely N-dealkylation sites (tertiary alicyclic amines) is 1. The first kappa shape index (κ1) is 13.4. The summed E-state index contributed by atoms with van der Waals surface area (Å²) in [6.07, 6.45) is 1.16. The quantitative estimate of drug-likeness (QED) is 0.715. The van der Waals surface area contributed by atoms with Gasteiger partial charge in [0.15, 0.2) is 0 Å². The summed E-state index contributed by atoms with van der Waals surface area (Å²) in [5.41, 5.74) is -0.846. The number of hydrogen-bond donors (Lipinski definition) is 0. The third-order valence-electron chi connectivity index (χ3n) is 3.41. The fraction of sp³-hybridized carbons (Fsp3) is 0.900. The van der Waals surface area contributed by atoms with Crippen LogP contribution in [0.5, 0.6) is 0 Å². The van der Waals surface area contributed by atoms with Crippen molar-refractivity contribution in [3.63, 3.8) is 0 Å². The maximum atomic E-state index is 11.8. The van der Waals surface area contributed by atoms with Crippen molar-refractivity contribution >= 4 is 10.0 Å². The Balaban J connectivity index is 2.95. The van der Waals surface area contributed by atoms with E-state index in [0.29, 0.717) is 12.8 Å². The van der Waals surface area contributed by atoms with Crippen LogP contribution in [-0.4, -0.2) is 56.1 Å². The third kappa shape index (κ3) is 2.37. The molecule has 0 atom stereocenters. The predicted molar refractivity (Wildman–Crippen MR) is 62.3 cm³/mol. The van der Waals surface area contributed by atoms with Crippen LogP contribution in [0.25, 0.3) is 0 Å². The zero-order valence-corrected chi connectivity index (χ0v) is 10.9. The van der Waals surface area contributed by atoms with Crippen molar-refractivity contribution in [3.8, 4) is 6.07 Å². The topological polar surface area (TPSA) is 64.4 Å². The molecule has 0 saturated carbocycles. The van der Waals surface area contributed by atoms with Gasteiger partial charge in [0, 0.05) is 20.1 Å². The SMILES string of the molecule is CCS(=O)(=O)N(C)C1(C#N)CCN(C)CC1. The van der Waals surface area contributed by atoms with Crippen molar-refractivity contribution in [2.75, 3.05) is 32.9 Å². The molecule has 0 aromatic heterocycles. The highest BCUT2D eigenvalue weighted by Gasteiger charge is 2.42. The highest BCUT2D eigenvalue weighted by molar-refractivity contribution is 7.89. The van der Waals surface area contributed by atoms with Crippen LogP contribution in [0, 0.1) is 11.3 Å². The van der Waals surface area contributed by atoms with Gasteiger partial charge in [-0.3, -0.25) is 0 Å². The van der Waals surface area contributed by atoms with E-state index in [1.54, 1.807) is 6.92 Å². The summed E-state index contributed by atoms with van der Waals surface area (Å²) in [6.45, 7) is 3.13. The van der Waals surface area contributed by atoms with Crippen LogP contribution >= 0.6 is 0 Å². The molecule has 0 aromatic rings. The molecule has 0 bridgehead atoms. The van der Waals surface area contributed by atoms with Gasteiger partial charge < -0.3 is 4.90 Å². The van der Waals surface area contributed by atoms with E-state index >= 15 is 0 Å². The Kier molecular flexibility index (Phi) is 3.94. The first-order valence-corrected chi connectivity index (χ1v) is 7.05. The lowest BCUT2D eigenvalue weighted by Crippen LogP contribution is -2.54. The standard InChI is InChI=1S/C10H19N3O2S/c1-4-16(14,15)13(3)10(9-11)5-7-12(2)8-6-10/h4-8H2,1-3H3. The zero-order chi connectivity index (χ0) is 12.4. The summed E-state index contributed by atoms with van der Waals surface area (Å²) < 4.78 is 24.9. The molecule has 16 heavy (non-hydrogen) atoms. The van der Waals surface area contributed by atoms with E-state index < -0.39 is 15.6 Å². The number of nitriles is 1. The van der Waals surface area contributed by atoms with Gasteiger partial charge >= 0.3 is 0 Å². The van der Waals surface area contributed by atoms with Gasteiger partial charge in [-0.2, -0.15) is 9.57 Å². The van der Waals surface area contributed by atoms with Gasteiger partial charge in [-0.05, 0) is 26.8 Å². The Labute approximate surface area is 97.7 Å². The third-order valence-corrected chi connectivity index (χ3v) is 5.32. The molecule has 0 aromatic carbocycles. The summed E-state index contributed by atoms with van der Waals surface area (Å²) in [4.78, 5) is 2.11. The Morgan fingerprint density at radius 3 is 2.31 bits per heavy atom. The van der Waals surface area contributed by atoms with E-state index in [0.717, 1.165) is 13.1 Å². The molecule has 1 fully saturated rings. The van der Waals surface area contributed by atoms with Gasteiger partial charge in [0.2, 0.25) is 10.0 Å². The van der Waals surface area contributed by atoms with Crippen LogP contribution in [0.15, 0.2) is 0 Å². The lowest BCUT2D eigenvalue weighted by molar-refractivity contribution is 0.149. The Morgan fingerprint density at radius 2 is 1.94 bits per heavy atom. The molecule has 1 heterocycles. The van der Waals surface area contributed by atoms with Crippen molar-refractivity contribution in [2.24, 2.45) is 0 Å². The number of piperidine rings is 1. The van der Waals surface area contributed by atoms with Crippen LogP contribution < -0.4 is 0 Å². The van der Waals surface area contributed by atoms with Gasteiger partial charge in [-0.1, -0.05) is 0 Å². The van der Waals surface area contributed by atoms with Crippen molar-refractivity contribution in [1.29, 1.82) is 5.26 Å². The number of sulfonamides is 1. The van der Waals surface area contributed by atoms with Crippen molar-refractivity contribution < 1.29 is 8.42 Å². The predicted octanol–water partition coefficient (Wildman–Crippen LogP) is 0.256. The largest absolute Gasteiger partial charge is 0.306 e. The Hall–Kier alpha value is -0.640. The Morgan fingerprint density at radius 1 is 1.44 bits per heavy atom. The zero-order valence-electron chi connectivity index (χ0n) is 10.1. The highest BCUT2D eigenvalue weighted by Crippen LogP contribution is 2.29. The molecule has 0 unspecified atom stereocenters. The normalized spacial score (nSPS) is 21.9. The molecule has 1 rings (SSSR count). The molecular formula is C10H19N3O2S. The summed E-state index contributed by atoms with van der Waals surface area (Å²) in [7, 11) is 0.209. The lowest BCUT2D eigenvalue weighted by atomic mass is 9.89. The van der Waals surface area contributed by atoms with E-state index in [9.17, 15) is 13.7 Å². The Bertz CT molecular complexity index is 377. The molecule has 6 heteroatoms. The molecular weight excluding hydrogens is 226 g/mol. The van der Waals surface area contributed by atoms with Gasteiger partial charge in [0.05, 0.1) is 11.8 Å². The minimum Gasteiger partial charge on any atom is -0.306 e. The number of nitrogens with zero attached hydrogens (tertiary/aromatic N) is 3. The van der Waals surface area contributed by atoms with Gasteiger partial charge in [0.1, 0.15) is 5.54 Å². The van der Waals surface area contributed by atoms with Gasteiger partial charge in [-0.15, -0.1) is 0 Å². The van der Waals surface area contributed by atoms with Crippen LogP contribution in [0.4, 0.5) is 0 Å². The molecule has 92 valence electrons. The van der Waals surface area contributed by atoms with Gasteiger partial charge in [-0.25, -0.2) is 8.42 Å². The molecule has 0 spiro atoms. The molecule has 1 saturated heterocycles. The monoisotopic (exact) mass is 245 g/mol. The van der Waals surface area contributed by atoms with Crippen molar-refractivity contribution in [3.05, 3.63) is 0 Å². The maximum absolute atomic E-state index is 11.8. The van der Waals surface area contributed by atoms with E-state index in [1.807, 2.05) is 7.05 Å². The smallest absolute Gasteiger partial charge is 0.214 e. The summed E-state index contributed by atoms with van der Waals surface area (Å²) in [5.74, 6) is 0.0444. The number of rotatable bonds is 3. The molecule has 5 nitrogen and oxygen atoms in total. The van der Waals surface area contributed by atoms with Crippen LogP contribution in [0.2, 0.25) is 0 Å². The molecule has 0 amide bonds. The summed E-state index contributed by atoms with van der Waals surface area (Å²) in [6, 6.07) is 2.20. The highest BCUT2D eigenvalue weighted by atomic mass is 32.2. The average molecular weight is 245 g/mol. The second-order valence-electron chi connectivity index (χ2n) is 4.31. The first-order chi connectivity index (χ1) is 7.38. The van der Waals surface area contributed by atoms with Crippen molar-refractivity contribution in [1.82, 2.24) is 9.21 Å². The second kappa shape index (κ2) is 4.70. The number of hydrogen-bond acceptors (Lipinski definition) is 4. The van der Waals surface area contributed by atoms with E-state index in [4.69, 9.17) is 0 Å². The maximum Gasteiger partial charge on any atom is 0.214 e. The molecule has 0 aliphatic carbocycles. The van der Waals surface area contributed by atoms with Crippen molar-refractivity contribution in [2.45, 2.75) is 25.3 Å². The van der Waals surface area contributed by atoms with Crippen LogP contribution in [0.3, 0.4) is 0 Å². The molecule has 1 aliphatic rings. The average Bonchev–Trinajstić information content (AvgIpc) is 2.30. The molecule has 0 N–H and O–H groups in total. The fourth-order valence-corrected chi connectivity index (χ4v) is 3.09. The molecule has 0 radical (unpaired) electrons. The molecule has 1 aliphatic heterocycles.